The van der Waals surface area contributed by atoms with E-state index in [1.165, 1.54) is 18.2 Å². The fourth-order valence-corrected chi connectivity index (χ4v) is 9.32. The minimum absolute atomic E-state index is 0.0533. The number of carbonyl (C=O) groups is 3. The molecule has 0 unspecified atom stereocenters. The second-order valence-corrected chi connectivity index (χ2v) is 13.9. The van der Waals surface area contributed by atoms with E-state index in [-0.39, 0.29) is 24.3 Å². The van der Waals surface area contributed by atoms with Crippen LogP contribution in [-0.4, -0.2) is 59.3 Å². The van der Waals surface area contributed by atoms with Gasteiger partial charge >= 0.3 is 5.97 Å². The Morgan fingerprint density at radius 2 is 1.88 bits per heavy atom. The molecule has 9 atom stereocenters. The van der Waals surface area contributed by atoms with E-state index in [0.717, 1.165) is 12.8 Å². The topological polar surface area (TPSA) is 93.1 Å². The van der Waals surface area contributed by atoms with Crippen LogP contribution in [0.5, 0.6) is 0 Å². The van der Waals surface area contributed by atoms with Crippen molar-refractivity contribution in [2.45, 2.75) is 69.5 Å². The Bertz CT molecular complexity index is 1430. The van der Waals surface area contributed by atoms with Gasteiger partial charge in [0.25, 0.3) is 0 Å². The number of Topliss-reactive ketones (excluding diaryl/α,β-unsaturated/α-hetero) is 1. The van der Waals surface area contributed by atoms with Gasteiger partial charge in [0.05, 0.1) is 24.3 Å². The highest BCUT2D eigenvalue weighted by atomic mass is 35.5. The smallest absolute Gasteiger partial charge is 0.309 e. The molecule has 1 aromatic carbocycles. The minimum Gasteiger partial charge on any atom is -0.457 e. The van der Waals surface area contributed by atoms with Gasteiger partial charge in [-0.05, 0) is 86.9 Å². The molecule has 1 heterocycles. The van der Waals surface area contributed by atoms with Crippen LogP contribution >= 0.6 is 11.6 Å². The Morgan fingerprint density at radius 1 is 1.17 bits per heavy atom. The molecular formula is C32H34ClF2NO6. The number of alkyl halides is 2. The van der Waals surface area contributed by atoms with Crippen LogP contribution < -0.4 is 5.06 Å². The Hall–Kier alpha value is -2.62. The van der Waals surface area contributed by atoms with Crippen LogP contribution in [0.1, 0.15) is 46.0 Å². The number of nitrogens with zero attached hydrogens (tertiary/aromatic N) is 1. The van der Waals surface area contributed by atoms with Crippen molar-refractivity contribution in [1.82, 2.24) is 0 Å². The quantitative estimate of drug-likeness (QED) is 0.480. The first-order chi connectivity index (χ1) is 19.8. The van der Waals surface area contributed by atoms with Crippen molar-refractivity contribution in [3.8, 4) is 0 Å². The second-order valence-electron chi connectivity index (χ2n) is 13.5. The number of ether oxygens (including phenoxy) is 1. The number of halogens is 3. The number of hydrogen-bond acceptors (Lipinski definition) is 7. The summed E-state index contributed by atoms with van der Waals surface area (Å²) in [6.07, 6.45) is 2.14. The van der Waals surface area contributed by atoms with E-state index in [1.807, 2.05) is 6.92 Å². The number of rotatable bonds is 5. The Labute approximate surface area is 247 Å². The van der Waals surface area contributed by atoms with Gasteiger partial charge in [-0.25, -0.2) is 8.78 Å². The molecule has 5 fully saturated rings. The van der Waals surface area contributed by atoms with Crippen LogP contribution in [0.15, 0.2) is 48.1 Å². The SMILES string of the molecule is C[C@]12C=CC(=O)C=C1[C@@H](F)C[C@H]1[C@@H]3C[C@H]4CN(c5ccc(Cl)cc5)O[C@@]4(C(=O)COC(=O)C4CC4)[C@@]3(C)C[C@H](O)[C@@]12F. The van der Waals surface area contributed by atoms with Gasteiger partial charge in [-0.1, -0.05) is 24.6 Å². The number of hydroxylamine groups is 1. The highest BCUT2D eigenvalue weighted by Gasteiger charge is 2.79. The standard InChI is InChI=1S/C32H34ClF2NO6/c1-29-10-9-21(37)12-24(29)25(34)13-23-22-11-18-15-36(20-7-5-19(33)6-8-20)42-32(18,27(39)16-41-28(40)17-3-4-17)30(22,2)14-26(38)31(23,29)35/h5-10,12,17-18,22-23,25-26,38H,3-4,11,13-16H2,1-2H3/t18-,22-,23-,25-,26-,29-,30-,31-,32-/m0/s1. The summed E-state index contributed by atoms with van der Waals surface area (Å²) < 4.78 is 38.9. The van der Waals surface area contributed by atoms with Gasteiger partial charge in [-0.15, -0.1) is 0 Å². The van der Waals surface area contributed by atoms with Gasteiger partial charge in [-0.3, -0.25) is 24.3 Å². The molecular weight excluding hydrogens is 568 g/mol. The summed E-state index contributed by atoms with van der Waals surface area (Å²) in [5, 5.41) is 13.9. The summed E-state index contributed by atoms with van der Waals surface area (Å²) in [6, 6.07) is 6.97. The molecule has 0 aromatic heterocycles. The first-order valence-corrected chi connectivity index (χ1v) is 15.1. The first kappa shape index (κ1) is 28.2. The number of aliphatic hydroxyl groups excluding tert-OH is 1. The summed E-state index contributed by atoms with van der Waals surface area (Å²) >= 11 is 6.10. The van der Waals surface area contributed by atoms with Crippen LogP contribution in [0.4, 0.5) is 14.5 Å². The third kappa shape index (κ3) is 3.59. The Kier molecular flexibility index (Phi) is 6.16. The van der Waals surface area contributed by atoms with Crippen LogP contribution in [0.2, 0.25) is 5.02 Å². The lowest BCUT2D eigenvalue weighted by atomic mass is 9.44. The van der Waals surface area contributed by atoms with Crippen molar-refractivity contribution < 1.29 is 37.8 Å². The Morgan fingerprint density at radius 3 is 2.57 bits per heavy atom. The number of anilines is 1. The van der Waals surface area contributed by atoms with Crippen LogP contribution in [0.25, 0.3) is 0 Å². The van der Waals surface area contributed by atoms with E-state index in [4.69, 9.17) is 21.2 Å². The summed E-state index contributed by atoms with van der Waals surface area (Å²) in [5.74, 6) is -3.36. The zero-order valence-electron chi connectivity index (χ0n) is 23.5. The van der Waals surface area contributed by atoms with Crippen molar-refractivity contribution in [3.63, 3.8) is 0 Å². The summed E-state index contributed by atoms with van der Waals surface area (Å²) in [4.78, 5) is 45.4. The lowest BCUT2D eigenvalue weighted by Gasteiger charge is -2.63. The minimum atomic E-state index is -2.26. The predicted octanol–water partition coefficient (Wildman–Crippen LogP) is 4.90. The van der Waals surface area contributed by atoms with Gasteiger partial charge in [0.1, 0.15) is 6.17 Å². The normalized spacial score (nSPS) is 43.7. The van der Waals surface area contributed by atoms with Gasteiger partial charge in [0, 0.05) is 27.7 Å². The van der Waals surface area contributed by atoms with Crippen LogP contribution in [-0.2, 0) is 24.0 Å². The number of esters is 1. The van der Waals surface area contributed by atoms with Gasteiger partial charge in [-0.2, -0.15) is 0 Å². The first-order valence-electron chi connectivity index (χ1n) is 14.7. The van der Waals surface area contributed by atoms with E-state index in [2.05, 4.69) is 0 Å². The van der Waals surface area contributed by atoms with Gasteiger partial charge < -0.3 is 9.84 Å². The summed E-state index contributed by atoms with van der Waals surface area (Å²) in [5.41, 5.74) is -5.70. The molecule has 7 rings (SSSR count). The lowest BCUT2D eigenvalue weighted by Crippen LogP contribution is -2.70. The zero-order chi connectivity index (χ0) is 29.8. The maximum atomic E-state index is 17.6. The number of carbonyl (C=O) groups excluding carboxylic acids is 3. The van der Waals surface area contributed by atoms with E-state index < -0.39 is 76.3 Å². The third-order valence-electron chi connectivity index (χ3n) is 11.4. The summed E-state index contributed by atoms with van der Waals surface area (Å²) in [7, 11) is 0. The maximum absolute atomic E-state index is 17.6. The molecule has 224 valence electrons. The van der Waals surface area contributed by atoms with Gasteiger partial charge in [0.2, 0.25) is 5.78 Å². The predicted molar refractivity (Wildman–Crippen MR) is 149 cm³/mol. The van der Waals surface area contributed by atoms with E-state index >= 15 is 8.78 Å². The lowest BCUT2D eigenvalue weighted by molar-refractivity contribution is -0.228. The van der Waals surface area contributed by atoms with E-state index in [1.54, 1.807) is 36.3 Å². The number of fused-ring (bicyclic) bond motifs is 7. The highest BCUT2D eigenvalue weighted by molar-refractivity contribution is 6.30. The Balaban J connectivity index is 1.29. The molecule has 1 aliphatic heterocycles. The van der Waals surface area contributed by atoms with Crippen molar-refractivity contribution in [2.75, 3.05) is 18.2 Å². The number of benzene rings is 1. The van der Waals surface area contributed by atoms with Crippen LogP contribution in [0, 0.1) is 34.5 Å². The maximum Gasteiger partial charge on any atom is 0.309 e. The highest BCUT2D eigenvalue weighted by Crippen LogP contribution is 2.72. The molecule has 4 saturated carbocycles. The largest absolute Gasteiger partial charge is 0.457 e. The molecule has 1 aromatic rings. The zero-order valence-corrected chi connectivity index (χ0v) is 24.3. The molecule has 1 N–H and O–H groups in total. The average molecular weight is 602 g/mol. The van der Waals surface area contributed by atoms with Crippen molar-refractivity contribution in [3.05, 3.63) is 53.1 Å². The molecule has 0 spiro atoms. The van der Waals surface area contributed by atoms with Crippen molar-refractivity contribution in [1.29, 1.82) is 0 Å². The number of allylic oxidation sites excluding steroid dienone is 4. The number of aliphatic hydroxyl groups is 1. The fourth-order valence-electron chi connectivity index (χ4n) is 9.19. The van der Waals surface area contributed by atoms with E-state index in [0.29, 0.717) is 23.7 Å². The molecule has 0 bridgehead atoms. The summed E-state index contributed by atoms with van der Waals surface area (Å²) in [6.45, 7) is 3.19. The number of ketones is 2. The van der Waals surface area contributed by atoms with Gasteiger partial charge in [0.15, 0.2) is 23.7 Å². The third-order valence-corrected chi connectivity index (χ3v) is 11.7. The van der Waals surface area contributed by atoms with Crippen LogP contribution in [0.3, 0.4) is 0 Å². The second kappa shape index (κ2) is 9.19. The fraction of sp³-hybridized carbons (Fsp3) is 0.594. The molecule has 42 heavy (non-hydrogen) atoms. The monoisotopic (exact) mass is 601 g/mol. The molecule has 10 heteroatoms. The average Bonchev–Trinajstić information content (AvgIpc) is 3.68. The van der Waals surface area contributed by atoms with Crippen molar-refractivity contribution in [2.24, 2.45) is 34.5 Å². The molecule has 7 nitrogen and oxygen atoms in total. The van der Waals surface area contributed by atoms with E-state index in [9.17, 15) is 19.5 Å². The van der Waals surface area contributed by atoms with Crippen molar-refractivity contribution >= 4 is 34.8 Å². The molecule has 1 saturated heterocycles. The molecule has 0 radical (unpaired) electrons. The number of hydrogen-bond donors (Lipinski definition) is 1. The molecule has 5 aliphatic carbocycles. The molecule has 0 amide bonds. The molecule has 6 aliphatic rings.